The average molecular weight is 262 g/mol. The van der Waals surface area contributed by atoms with Crippen LogP contribution in [0, 0.1) is 0 Å². The number of anilines is 1. The topological polar surface area (TPSA) is 38.5 Å². The molecule has 1 aromatic rings. The Labute approximate surface area is 104 Å². The summed E-state index contributed by atoms with van der Waals surface area (Å²) in [5.41, 5.74) is 5.54. The lowest BCUT2D eigenvalue weighted by atomic mass is 10.2. The highest BCUT2D eigenvalue weighted by atomic mass is 19.4. The minimum absolute atomic E-state index is 0.435. The highest BCUT2D eigenvalue weighted by Crippen LogP contribution is 2.30. The van der Waals surface area contributed by atoms with Gasteiger partial charge in [-0.1, -0.05) is 0 Å². The molecule has 0 fully saturated rings. The fourth-order valence-corrected chi connectivity index (χ4v) is 1.59. The van der Waals surface area contributed by atoms with Crippen LogP contribution in [0.5, 0.6) is 0 Å². The Morgan fingerprint density at radius 3 is 2.22 bits per heavy atom. The normalized spacial score (nSPS) is 11.6. The smallest absolute Gasteiger partial charge is 0.383 e. The molecule has 2 N–H and O–H groups in total. The number of halogens is 3. The van der Waals surface area contributed by atoms with Gasteiger partial charge in [-0.15, -0.1) is 0 Å². The van der Waals surface area contributed by atoms with Gasteiger partial charge in [0.15, 0.2) is 0 Å². The first-order valence-corrected chi connectivity index (χ1v) is 5.60. The molecule has 0 aromatic heterocycles. The number of alkyl halides is 3. The highest BCUT2D eigenvalue weighted by molar-refractivity contribution is 5.48. The van der Waals surface area contributed by atoms with Crippen LogP contribution >= 0.6 is 0 Å². The van der Waals surface area contributed by atoms with Gasteiger partial charge >= 0.3 is 6.18 Å². The Hall–Kier alpha value is -1.27. The van der Waals surface area contributed by atoms with Gasteiger partial charge in [-0.3, -0.25) is 0 Å². The van der Waals surface area contributed by atoms with Crippen molar-refractivity contribution in [2.75, 3.05) is 38.3 Å². The second-order valence-electron chi connectivity index (χ2n) is 3.81. The number of hydrogen-bond donors (Lipinski definition) is 1. The molecule has 102 valence electrons. The van der Waals surface area contributed by atoms with Gasteiger partial charge in [0.2, 0.25) is 0 Å². The summed E-state index contributed by atoms with van der Waals surface area (Å²) in [6.07, 6.45) is -4.30. The number of nitrogens with zero attached hydrogens (tertiary/aromatic N) is 1. The van der Waals surface area contributed by atoms with Crippen LogP contribution in [-0.4, -0.2) is 33.4 Å². The van der Waals surface area contributed by atoms with Gasteiger partial charge in [0.05, 0.1) is 12.2 Å². The van der Waals surface area contributed by atoms with Crippen LogP contribution in [0.2, 0.25) is 0 Å². The van der Waals surface area contributed by atoms with Crippen molar-refractivity contribution in [2.24, 2.45) is 5.73 Å². The van der Waals surface area contributed by atoms with E-state index >= 15 is 0 Å². The van der Waals surface area contributed by atoms with E-state index in [1.807, 2.05) is 4.90 Å². The Bertz CT molecular complexity index is 351. The van der Waals surface area contributed by atoms with Gasteiger partial charge in [-0.2, -0.15) is 13.2 Å². The van der Waals surface area contributed by atoms with E-state index in [9.17, 15) is 13.2 Å². The number of nitrogens with two attached hydrogens (primary N) is 1. The molecular formula is C12H17F3N2O. The summed E-state index contributed by atoms with van der Waals surface area (Å²) in [5.74, 6) is 0. The van der Waals surface area contributed by atoms with E-state index in [0.29, 0.717) is 31.9 Å². The maximum Gasteiger partial charge on any atom is 0.416 e. The van der Waals surface area contributed by atoms with E-state index in [1.54, 1.807) is 7.11 Å². The predicted molar refractivity (Wildman–Crippen MR) is 64.6 cm³/mol. The van der Waals surface area contributed by atoms with Crippen LogP contribution < -0.4 is 10.6 Å². The number of benzene rings is 1. The Kier molecular flexibility index (Phi) is 5.43. The maximum absolute atomic E-state index is 12.4. The van der Waals surface area contributed by atoms with Gasteiger partial charge in [-0.25, -0.2) is 0 Å². The number of hydrogen-bond acceptors (Lipinski definition) is 3. The third-order valence-corrected chi connectivity index (χ3v) is 2.52. The second kappa shape index (κ2) is 6.61. The molecule has 0 amide bonds. The molecule has 0 bridgehead atoms. The van der Waals surface area contributed by atoms with E-state index in [4.69, 9.17) is 10.5 Å². The first kappa shape index (κ1) is 14.8. The van der Waals surface area contributed by atoms with E-state index in [0.717, 1.165) is 12.1 Å². The van der Waals surface area contributed by atoms with Crippen LogP contribution in [0.15, 0.2) is 24.3 Å². The van der Waals surface area contributed by atoms with Gasteiger partial charge in [-0.05, 0) is 24.3 Å². The molecule has 0 aliphatic carbocycles. The van der Waals surface area contributed by atoms with Crippen LogP contribution in [0.4, 0.5) is 18.9 Å². The molecule has 0 radical (unpaired) electrons. The summed E-state index contributed by atoms with van der Waals surface area (Å²) in [6.45, 7) is 2.11. The third kappa shape index (κ3) is 4.19. The monoisotopic (exact) mass is 262 g/mol. The summed E-state index contributed by atoms with van der Waals surface area (Å²) in [4.78, 5) is 1.89. The van der Waals surface area contributed by atoms with E-state index in [-0.39, 0.29) is 0 Å². The SMILES string of the molecule is COCCN(CCN)c1ccc(C(F)(F)F)cc1. The average Bonchev–Trinajstić information content (AvgIpc) is 2.33. The first-order chi connectivity index (χ1) is 8.49. The van der Waals surface area contributed by atoms with Crippen molar-refractivity contribution in [3.8, 4) is 0 Å². The Balaban J connectivity index is 2.79. The molecule has 6 heteroatoms. The lowest BCUT2D eigenvalue weighted by Crippen LogP contribution is -2.32. The number of ether oxygens (including phenoxy) is 1. The molecule has 1 rings (SSSR count). The van der Waals surface area contributed by atoms with Crippen molar-refractivity contribution >= 4 is 5.69 Å². The van der Waals surface area contributed by atoms with E-state index < -0.39 is 11.7 Å². The summed E-state index contributed by atoms with van der Waals surface area (Å²) in [6, 6.07) is 5.06. The Morgan fingerprint density at radius 1 is 1.17 bits per heavy atom. The summed E-state index contributed by atoms with van der Waals surface area (Å²) >= 11 is 0. The predicted octanol–water partition coefficient (Wildman–Crippen LogP) is 2.12. The van der Waals surface area contributed by atoms with Crippen LogP contribution in [0.3, 0.4) is 0 Å². The van der Waals surface area contributed by atoms with Crippen molar-refractivity contribution in [2.45, 2.75) is 6.18 Å². The molecule has 0 aliphatic rings. The van der Waals surface area contributed by atoms with Gasteiger partial charge in [0.25, 0.3) is 0 Å². The van der Waals surface area contributed by atoms with Gasteiger partial charge in [0.1, 0.15) is 0 Å². The van der Waals surface area contributed by atoms with Crippen molar-refractivity contribution in [3.63, 3.8) is 0 Å². The minimum atomic E-state index is -4.30. The molecule has 0 unspecified atom stereocenters. The van der Waals surface area contributed by atoms with Crippen molar-refractivity contribution in [3.05, 3.63) is 29.8 Å². The summed E-state index contributed by atoms with van der Waals surface area (Å²) in [7, 11) is 1.58. The van der Waals surface area contributed by atoms with Crippen molar-refractivity contribution < 1.29 is 17.9 Å². The van der Waals surface area contributed by atoms with Crippen LogP contribution in [0.1, 0.15) is 5.56 Å². The lowest BCUT2D eigenvalue weighted by Gasteiger charge is -2.24. The quantitative estimate of drug-likeness (QED) is 0.853. The molecule has 1 aromatic carbocycles. The standard InChI is InChI=1S/C12H17F3N2O/c1-18-9-8-17(7-6-16)11-4-2-10(3-5-11)12(13,14)15/h2-5H,6-9,16H2,1H3. The summed E-state index contributed by atoms with van der Waals surface area (Å²) in [5, 5.41) is 0. The second-order valence-corrected chi connectivity index (χ2v) is 3.81. The largest absolute Gasteiger partial charge is 0.416 e. The fraction of sp³-hybridized carbons (Fsp3) is 0.500. The minimum Gasteiger partial charge on any atom is -0.383 e. The molecule has 0 saturated carbocycles. The number of methoxy groups -OCH3 is 1. The highest BCUT2D eigenvalue weighted by Gasteiger charge is 2.30. The lowest BCUT2D eigenvalue weighted by molar-refractivity contribution is -0.137. The first-order valence-electron chi connectivity index (χ1n) is 5.60. The van der Waals surface area contributed by atoms with Crippen LogP contribution in [0.25, 0.3) is 0 Å². The fourth-order valence-electron chi connectivity index (χ4n) is 1.59. The Morgan fingerprint density at radius 2 is 1.78 bits per heavy atom. The third-order valence-electron chi connectivity index (χ3n) is 2.52. The molecule has 18 heavy (non-hydrogen) atoms. The zero-order valence-electron chi connectivity index (χ0n) is 10.2. The van der Waals surface area contributed by atoms with Crippen molar-refractivity contribution in [1.82, 2.24) is 0 Å². The van der Waals surface area contributed by atoms with Crippen molar-refractivity contribution in [1.29, 1.82) is 0 Å². The van der Waals surface area contributed by atoms with E-state index in [2.05, 4.69) is 0 Å². The molecule has 0 saturated heterocycles. The molecular weight excluding hydrogens is 245 g/mol. The maximum atomic E-state index is 12.4. The molecule has 0 aliphatic heterocycles. The molecule has 0 heterocycles. The molecule has 3 nitrogen and oxygen atoms in total. The summed E-state index contributed by atoms with van der Waals surface area (Å²) < 4.78 is 42.2. The zero-order chi connectivity index (χ0) is 13.6. The zero-order valence-corrected chi connectivity index (χ0v) is 10.2. The van der Waals surface area contributed by atoms with Gasteiger partial charge < -0.3 is 15.4 Å². The molecule has 0 atom stereocenters. The van der Waals surface area contributed by atoms with Crippen LogP contribution in [-0.2, 0) is 10.9 Å². The molecule has 0 spiro atoms. The number of rotatable bonds is 6. The van der Waals surface area contributed by atoms with Gasteiger partial charge in [0, 0.05) is 32.4 Å². The van der Waals surface area contributed by atoms with E-state index in [1.165, 1.54) is 12.1 Å².